The Bertz CT molecular complexity index is 1180. The average Bonchev–Trinajstić information content (AvgIpc) is 2.60. The Morgan fingerprint density at radius 3 is 2.08 bits per heavy atom. The van der Waals surface area contributed by atoms with Crippen molar-refractivity contribution in [2.45, 2.75) is 9.79 Å². The first-order valence-corrected chi connectivity index (χ1v) is 10.1. The van der Waals surface area contributed by atoms with Gasteiger partial charge in [-0.05, 0) is 35.0 Å². The SMILES string of the molecule is COc1cc(S(=O)(=O)O)ccc1OS(=O)(=O)c1ccc2ccccc2c1. The summed E-state index contributed by atoms with van der Waals surface area (Å²) in [6, 6.07) is 14.9. The van der Waals surface area contributed by atoms with E-state index in [1.165, 1.54) is 19.2 Å². The minimum atomic E-state index is -4.46. The van der Waals surface area contributed by atoms with Gasteiger partial charge >= 0.3 is 10.1 Å². The van der Waals surface area contributed by atoms with Gasteiger partial charge in [-0.1, -0.05) is 30.3 Å². The van der Waals surface area contributed by atoms with E-state index < -0.39 is 25.1 Å². The Balaban J connectivity index is 2.00. The first kappa shape index (κ1) is 18.2. The van der Waals surface area contributed by atoms with Crippen LogP contribution in [0.25, 0.3) is 10.8 Å². The van der Waals surface area contributed by atoms with E-state index in [2.05, 4.69) is 0 Å². The van der Waals surface area contributed by atoms with Crippen molar-refractivity contribution in [2.75, 3.05) is 7.11 Å². The van der Waals surface area contributed by atoms with E-state index in [9.17, 15) is 16.8 Å². The number of benzene rings is 3. The molecule has 0 amide bonds. The summed E-state index contributed by atoms with van der Waals surface area (Å²) in [6.07, 6.45) is 0. The zero-order chi connectivity index (χ0) is 18.9. The molecule has 3 aromatic carbocycles. The molecule has 0 aliphatic rings. The lowest BCUT2D eigenvalue weighted by Gasteiger charge is -2.12. The van der Waals surface area contributed by atoms with Crippen LogP contribution < -0.4 is 8.92 Å². The van der Waals surface area contributed by atoms with E-state index in [4.69, 9.17) is 13.5 Å². The third kappa shape index (κ3) is 3.64. The monoisotopic (exact) mass is 394 g/mol. The van der Waals surface area contributed by atoms with Gasteiger partial charge in [0.2, 0.25) is 0 Å². The fourth-order valence-corrected chi connectivity index (χ4v) is 3.84. The van der Waals surface area contributed by atoms with Crippen molar-refractivity contribution in [3.63, 3.8) is 0 Å². The number of ether oxygens (including phenoxy) is 1. The Morgan fingerprint density at radius 2 is 1.42 bits per heavy atom. The van der Waals surface area contributed by atoms with E-state index in [0.717, 1.165) is 29.0 Å². The molecule has 136 valence electrons. The van der Waals surface area contributed by atoms with Gasteiger partial charge in [-0.3, -0.25) is 4.55 Å². The first-order chi connectivity index (χ1) is 12.2. The summed E-state index contributed by atoms with van der Waals surface area (Å²) in [4.78, 5) is -0.498. The van der Waals surface area contributed by atoms with Crippen LogP contribution >= 0.6 is 0 Å². The molecule has 7 nitrogen and oxygen atoms in total. The predicted molar refractivity (Wildman–Crippen MR) is 94.6 cm³/mol. The maximum absolute atomic E-state index is 12.5. The molecule has 9 heteroatoms. The molecule has 3 aromatic rings. The smallest absolute Gasteiger partial charge is 0.339 e. The summed E-state index contributed by atoms with van der Waals surface area (Å²) < 4.78 is 66.6. The highest BCUT2D eigenvalue weighted by molar-refractivity contribution is 7.87. The zero-order valence-electron chi connectivity index (χ0n) is 13.5. The van der Waals surface area contributed by atoms with Gasteiger partial charge in [0.1, 0.15) is 4.90 Å². The van der Waals surface area contributed by atoms with Crippen LogP contribution in [0.5, 0.6) is 11.5 Å². The summed E-state index contributed by atoms with van der Waals surface area (Å²) >= 11 is 0. The van der Waals surface area contributed by atoms with Gasteiger partial charge < -0.3 is 8.92 Å². The summed E-state index contributed by atoms with van der Waals surface area (Å²) in [7, 11) is -7.41. The second kappa shape index (κ2) is 6.60. The van der Waals surface area contributed by atoms with Gasteiger partial charge in [0.25, 0.3) is 10.1 Å². The molecule has 0 aliphatic heterocycles. The third-order valence-electron chi connectivity index (χ3n) is 3.64. The molecule has 0 heterocycles. The molecule has 0 fully saturated rings. The lowest BCUT2D eigenvalue weighted by Crippen LogP contribution is -2.11. The van der Waals surface area contributed by atoms with Crippen molar-refractivity contribution in [1.82, 2.24) is 0 Å². The van der Waals surface area contributed by atoms with Crippen LogP contribution in [0, 0.1) is 0 Å². The predicted octanol–water partition coefficient (Wildman–Crippen LogP) is 2.86. The first-order valence-electron chi connectivity index (χ1n) is 7.29. The Morgan fingerprint density at radius 1 is 0.769 bits per heavy atom. The molecule has 0 unspecified atom stereocenters. The normalized spacial score (nSPS) is 12.1. The second-order valence-electron chi connectivity index (χ2n) is 5.33. The molecule has 0 radical (unpaired) electrons. The molecule has 0 aromatic heterocycles. The number of rotatable bonds is 5. The molecule has 0 aliphatic carbocycles. The van der Waals surface area contributed by atoms with Gasteiger partial charge in [-0.2, -0.15) is 16.8 Å². The molecule has 3 rings (SSSR count). The lowest BCUT2D eigenvalue weighted by molar-refractivity contribution is 0.388. The fourth-order valence-electron chi connectivity index (χ4n) is 2.37. The van der Waals surface area contributed by atoms with Gasteiger partial charge in [-0.15, -0.1) is 0 Å². The number of methoxy groups -OCH3 is 1. The van der Waals surface area contributed by atoms with Crippen molar-refractivity contribution in [2.24, 2.45) is 0 Å². The van der Waals surface area contributed by atoms with Crippen LogP contribution in [0.15, 0.2) is 70.5 Å². The zero-order valence-corrected chi connectivity index (χ0v) is 15.1. The molecule has 26 heavy (non-hydrogen) atoms. The van der Waals surface area contributed by atoms with E-state index in [-0.39, 0.29) is 16.4 Å². The number of hydrogen-bond donors (Lipinski definition) is 1. The highest BCUT2D eigenvalue weighted by atomic mass is 32.2. The van der Waals surface area contributed by atoms with E-state index in [1.807, 2.05) is 12.1 Å². The standard InChI is InChI=1S/C17H14O7S2/c1-23-17-11-14(25(18,19)20)8-9-16(17)24-26(21,22)15-7-6-12-4-2-3-5-13(12)10-15/h2-11H,1H3,(H,18,19,20). The molecular weight excluding hydrogens is 380 g/mol. The van der Waals surface area contributed by atoms with Crippen LogP contribution in [0.1, 0.15) is 0 Å². The summed E-state index contributed by atoms with van der Waals surface area (Å²) in [5.74, 6) is -0.349. The molecular formula is C17H14O7S2. The van der Waals surface area contributed by atoms with E-state index >= 15 is 0 Å². The number of hydrogen-bond acceptors (Lipinski definition) is 6. The summed E-state index contributed by atoms with van der Waals surface area (Å²) in [5, 5.41) is 1.60. The Kier molecular flexibility index (Phi) is 4.61. The second-order valence-corrected chi connectivity index (χ2v) is 8.30. The summed E-state index contributed by atoms with van der Waals surface area (Å²) in [5.41, 5.74) is 0. The highest BCUT2D eigenvalue weighted by Crippen LogP contribution is 2.32. The molecule has 0 bridgehead atoms. The molecule has 1 N–H and O–H groups in total. The largest absolute Gasteiger partial charge is 0.493 e. The van der Waals surface area contributed by atoms with E-state index in [1.54, 1.807) is 18.2 Å². The molecule has 0 spiro atoms. The van der Waals surface area contributed by atoms with Crippen LogP contribution in [0.3, 0.4) is 0 Å². The van der Waals surface area contributed by atoms with E-state index in [0.29, 0.717) is 0 Å². The van der Waals surface area contributed by atoms with Gasteiger partial charge in [0.15, 0.2) is 11.5 Å². The highest BCUT2D eigenvalue weighted by Gasteiger charge is 2.21. The van der Waals surface area contributed by atoms with Crippen LogP contribution in [-0.4, -0.2) is 28.5 Å². The van der Waals surface area contributed by atoms with Crippen LogP contribution in [-0.2, 0) is 20.2 Å². The third-order valence-corrected chi connectivity index (χ3v) is 5.72. The van der Waals surface area contributed by atoms with Crippen molar-refractivity contribution in [3.05, 3.63) is 60.7 Å². The van der Waals surface area contributed by atoms with Crippen molar-refractivity contribution in [1.29, 1.82) is 0 Å². The van der Waals surface area contributed by atoms with Crippen molar-refractivity contribution >= 4 is 31.0 Å². The van der Waals surface area contributed by atoms with Crippen molar-refractivity contribution < 1.29 is 30.3 Å². The molecule has 0 atom stereocenters. The average molecular weight is 394 g/mol. The van der Waals surface area contributed by atoms with Gasteiger partial charge in [0.05, 0.1) is 12.0 Å². The van der Waals surface area contributed by atoms with Crippen LogP contribution in [0.2, 0.25) is 0 Å². The minimum absolute atomic E-state index is 0.0582. The molecule has 0 saturated heterocycles. The topological polar surface area (TPSA) is 107 Å². The van der Waals surface area contributed by atoms with Crippen LogP contribution in [0.4, 0.5) is 0 Å². The quantitative estimate of drug-likeness (QED) is 0.524. The minimum Gasteiger partial charge on any atom is -0.493 e. The Hall–Kier alpha value is -2.62. The number of fused-ring (bicyclic) bond motifs is 1. The Labute approximate surface area is 150 Å². The lowest BCUT2D eigenvalue weighted by atomic mass is 10.1. The summed E-state index contributed by atoms with van der Waals surface area (Å²) in [6.45, 7) is 0. The molecule has 0 saturated carbocycles. The maximum Gasteiger partial charge on any atom is 0.339 e. The van der Waals surface area contributed by atoms with Gasteiger partial charge in [0, 0.05) is 6.07 Å². The maximum atomic E-state index is 12.5. The fraction of sp³-hybridized carbons (Fsp3) is 0.0588. The van der Waals surface area contributed by atoms with Gasteiger partial charge in [-0.25, -0.2) is 0 Å². The van der Waals surface area contributed by atoms with Crippen molar-refractivity contribution in [3.8, 4) is 11.5 Å².